The summed E-state index contributed by atoms with van der Waals surface area (Å²) < 4.78 is 25.6. The van der Waals surface area contributed by atoms with Crippen LogP contribution in [0.2, 0.25) is 0 Å². The molecule has 0 aliphatic carbocycles. The zero-order valence-electron chi connectivity index (χ0n) is 11.9. The van der Waals surface area contributed by atoms with Crippen molar-refractivity contribution < 1.29 is 8.42 Å². The average Bonchev–Trinajstić information content (AvgIpc) is 2.39. The molecule has 0 radical (unpaired) electrons. The maximum atomic E-state index is 11.7. The standard InChI is InChI=1S/C13H23N3O2S/c1-5-9(2)10(3)16-13-7-6-11(8-12(13)14)19(17,18)15-4/h6-10,15-16H,5,14H2,1-4H3. The maximum Gasteiger partial charge on any atom is 0.240 e. The Balaban J connectivity index is 2.96. The van der Waals surface area contributed by atoms with Crippen LogP contribution in [0.4, 0.5) is 11.4 Å². The number of benzene rings is 1. The molecule has 2 unspecified atom stereocenters. The van der Waals surface area contributed by atoms with E-state index in [9.17, 15) is 8.42 Å². The van der Waals surface area contributed by atoms with Crippen molar-refractivity contribution in [1.82, 2.24) is 4.72 Å². The van der Waals surface area contributed by atoms with E-state index in [1.165, 1.54) is 13.1 Å². The lowest BCUT2D eigenvalue weighted by atomic mass is 10.0. The second-order valence-electron chi connectivity index (χ2n) is 4.78. The molecule has 0 spiro atoms. The topological polar surface area (TPSA) is 84.2 Å². The van der Waals surface area contributed by atoms with E-state index in [0.717, 1.165) is 12.1 Å². The Morgan fingerprint density at radius 3 is 2.42 bits per heavy atom. The molecule has 0 fully saturated rings. The van der Waals surface area contributed by atoms with Gasteiger partial charge in [0.15, 0.2) is 0 Å². The molecule has 5 nitrogen and oxygen atoms in total. The molecule has 0 aliphatic heterocycles. The van der Waals surface area contributed by atoms with E-state index < -0.39 is 10.0 Å². The summed E-state index contributed by atoms with van der Waals surface area (Å²) in [6.45, 7) is 6.38. The van der Waals surface area contributed by atoms with E-state index >= 15 is 0 Å². The minimum atomic E-state index is -3.44. The normalized spacial score (nSPS) is 14.9. The molecule has 2 atom stereocenters. The third-order valence-corrected chi connectivity index (χ3v) is 4.89. The number of nitrogens with two attached hydrogens (primary N) is 1. The molecule has 0 aromatic heterocycles. The second kappa shape index (κ2) is 6.25. The van der Waals surface area contributed by atoms with E-state index in [4.69, 9.17) is 5.73 Å². The van der Waals surface area contributed by atoms with E-state index in [1.54, 1.807) is 12.1 Å². The first kappa shape index (κ1) is 15.8. The monoisotopic (exact) mass is 285 g/mol. The van der Waals surface area contributed by atoms with Crippen molar-refractivity contribution in [2.75, 3.05) is 18.1 Å². The molecule has 0 bridgehead atoms. The lowest BCUT2D eigenvalue weighted by Crippen LogP contribution is -2.24. The van der Waals surface area contributed by atoms with Crippen molar-refractivity contribution in [3.05, 3.63) is 18.2 Å². The second-order valence-corrected chi connectivity index (χ2v) is 6.66. The van der Waals surface area contributed by atoms with Crippen molar-refractivity contribution in [2.45, 2.75) is 38.1 Å². The van der Waals surface area contributed by atoms with Gasteiger partial charge in [-0.15, -0.1) is 0 Å². The van der Waals surface area contributed by atoms with Crippen LogP contribution >= 0.6 is 0 Å². The van der Waals surface area contributed by atoms with Gasteiger partial charge in [0.25, 0.3) is 0 Å². The molecule has 1 aromatic carbocycles. The summed E-state index contributed by atoms with van der Waals surface area (Å²) in [5.74, 6) is 0.514. The van der Waals surface area contributed by atoms with Crippen molar-refractivity contribution >= 4 is 21.4 Å². The quantitative estimate of drug-likeness (QED) is 0.698. The van der Waals surface area contributed by atoms with Crippen LogP contribution in [0, 0.1) is 5.92 Å². The van der Waals surface area contributed by atoms with Crippen LogP contribution in [0.25, 0.3) is 0 Å². The van der Waals surface area contributed by atoms with Gasteiger partial charge in [-0.1, -0.05) is 20.3 Å². The highest BCUT2D eigenvalue weighted by Crippen LogP contribution is 2.24. The Labute approximate surface area is 115 Å². The fourth-order valence-electron chi connectivity index (χ4n) is 1.70. The molecule has 0 saturated heterocycles. The summed E-state index contributed by atoms with van der Waals surface area (Å²) >= 11 is 0. The van der Waals surface area contributed by atoms with Crippen molar-refractivity contribution in [3.8, 4) is 0 Å². The highest BCUT2D eigenvalue weighted by atomic mass is 32.2. The number of nitrogens with one attached hydrogen (secondary N) is 2. The van der Waals surface area contributed by atoms with Gasteiger partial charge in [0.1, 0.15) is 0 Å². The van der Waals surface area contributed by atoms with Gasteiger partial charge >= 0.3 is 0 Å². The van der Waals surface area contributed by atoms with Crippen LogP contribution in [-0.2, 0) is 10.0 Å². The van der Waals surface area contributed by atoms with E-state index in [0.29, 0.717) is 11.6 Å². The molecule has 0 aliphatic rings. The highest BCUT2D eigenvalue weighted by Gasteiger charge is 2.15. The van der Waals surface area contributed by atoms with Crippen LogP contribution in [0.1, 0.15) is 27.2 Å². The fraction of sp³-hybridized carbons (Fsp3) is 0.538. The van der Waals surface area contributed by atoms with Crippen molar-refractivity contribution in [1.29, 1.82) is 0 Å². The van der Waals surface area contributed by atoms with Gasteiger partial charge in [-0.25, -0.2) is 13.1 Å². The third-order valence-electron chi connectivity index (χ3n) is 3.48. The Morgan fingerprint density at radius 2 is 1.95 bits per heavy atom. The summed E-state index contributed by atoms with van der Waals surface area (Å²) in [7, 11) is -2.07. The minimum absolute atomic E-state index is 0.175. The molecule has 1 aromatic rings. The van der Waals surface area contributed by atoms with Crippen molar-refractivity contribution in [3.63, 3.8) is 0 Å². The van der Waals surface area contributed by atoms with Gasteiger partial charge in [0.2, 0.25) is 10.0 Å². The Bertz CT molecular complexity index is 529. The van der Waals surface area contributed by atoms with Crippen molar-refractivity contribution in [2.24, 2.45) is 5.92 Å². The van der Waals surface area contributed by atoms with Gasteiger partial charge in [0, 0.05) is 6.04 Å². The molecule has 1 rings (SSSR count). The number of nitrogen functional groups attached to an aromatic ring is 1. The van der Waals surface area contributed by atoms with Gasteiger partial charge in [0.05, 0.1) is 16.3 Å². The highest BCUT2D eigenvalue weighted by molar-refractivity contribution is 7.89. The molecular weight excluding hydrogens is 262 g/mol. The largest absolute Gasteiger partial charge is 0.397 e. The molecule has 4 N–H and O–H groups in total. The predicted molar refractivity (Wildman–Crippen MR) is 79.6 cm³/mol. The summed E-state index contributed by atoms with van der Waals surface area (Å²) in [6, 6.07) is 5.00. The van der Waals surface area contributed by atoms with Gasteiger partial charge in [-0.05, 0) is 38.1 Å². The van der Waals surface area contributed by atoms with Gasteiger partial charge in [-0.3, -0.25) is 0 Å². The van der Waals surface area contributed by atoms with Crippen LogP contribution in [0.15, 0.2) is 23.1 Å². The fourth-order valence-corrected chi connectivity index (χ4v) is 2.46. The smallest absolute Gasteiger partial charge is 0.240 e. The number of hydrogen-bond donors (Lipinski definition) is 3. The van der Waals surface area contributed by atoms with Gasteiger partial charge < -0.3 is 11.1 Å². The number of rotatable bonds is 6. The molecule has 0 heterocycles. The minimum Gasteiger partial charge on any atom is -0.397 e. The van der Waals surface area contributed by atoms with Crippen LogP contribution in [-0.4, -0.2) is 21.5 Å². The number of sulfonamides is 1. The van der Waals surface area contributed by atoms with Crippen LogP contribution < -0.4 is 15.8 Å². The zero-order valence-corrected chi connectivity index (χ0v) is 12.7. The lowest BCUT2D eigenvalue weighted by Gasteiger charge is -2.22. The predicted octanol–water partition coefficient (Wildman–Crippen LogP) is 2.02. The average molecular weight is 285 g/mol. The maximum absolute atomic E-state index is 11.7. The molecule has 0 amide bonds. The summed E-state index contributed by atoms with van der Waals surface area (Å²) in [6.07, 6.45) is 1.07. The van der Waals surface area contributed by atoms with E-state index in [-0.39, 0.29) is 10.9 Å². The Hall–Kier alpha value is -1.27. The first-order chi connectivity index (χ1) is 8.81. The van der Waals surface area contributed by atoms with E-state index in [1.807, 2.05) is 0 Å². The third kappa shape index (κ3) is 3.84. The van der Waals surface area contributed by atoms with Crippen LogP contribution in [0.3, 0.4) is 0 Å². The Kier molecular flexibility index (Phi) is 5.20. The first-order valence-corrected chi connectivity index (χ1v) is 7.89. The summed E-state index contributed by atoms with van der Waals surface area (Å²) in [5, 5.41) is 3.32. The first-order valence-electron chi connectivity index (χ1n) is 6.41. The molecule has 0 saturated carbocycles. The van der Waals surface area contributed by atoms with E-state index in [2.05, 4.69) is 30.8 Å². The molecule has 19 heavy (non-hydrogen) atoms. The van der Waals surface area contributed by atoms with Gasteiger partial charge in [-0.2, -0.15) is 0 Å². The summed E-state index contributed by atoms with van der Waals surface area (Å²) in [4.78, 5) is 0.175. The SMILES string of the molecule is CCC(C)C(C)Nc1ccc(S(=O)(=O)NC)cc1N. The molecular formula is C13H23N3O2S. The Morgan fingerprint density at radius 1 is 1.32 bits per heavy atom. The number of anilines is 2. The lowest BCUT2D eigenvalue weighted by molar-refractivity contribution is 0.495. The molecule has 108 valence electrons. The number of hydrogen-bond acceptors (Lipinski definition) is 4. The zero-order chi connectivity index (χ0) is 14.6. The summed E-state index contributed by atoms with van der Waals surface area (Å²) in [5.41, 5.74) is 7.11. The molecule has 6 heteroatoms. The van der Waals surface area contributed by atoms with Crippen LogP contribution in [0.5, 0.6) is 0 Å².